The highest BCUT2D eigenvalue weighted by Gasteiger charge is 2.36. The maximum Gasteiger partial charge on any atom is 0.269 e. The van der Waals surface area contributed by atoms with Gasteiger partial charge in [-0.1, -0.05) is 6.07 Å². The summed E-state index contributed by atoms with van der Waals surface area (Å²) in [6.07, 6.45) is 2.48. The summed E-state index contributed by atoms with van der Waals surface area (Å²) >= 11 is 0. The standard InChI is InChI=1S/C16H16N2O3/c1-16(2)10-13(14-5-3-4-8-17-14)12-9-11(18(19)20)6-7-15(12)21-16/h3-9,13H,10H2,1-2H3. The van der Waals surface area contributed by atoms with Crippen LogP contribution in [0.4, 0.5) is 5.69 Å². The van der Waals surface area contributed by atoms with Crippen molar-refractivity contribution < 1.29 is 9.66 Å². The molecule has 1 aromatic carbocycles. The number of fused-ring (bicyclic) bond motifs is 1. The Labute approximate surface area is 122 Å². The Hall–Kier alpha value is -2.43. The van der Waals surface area contributed by atoms with Crippen molar-refractivity contribution >= 4 is 5.69 Å². The number of hydrogen-bond acceptors (Lipinski definition) is 4. The van der Waals surface area contributed by atoms with E-state index in [9.17, 15) is 10.1 Å². The third-order valence-electron chi connectivity index (χ3n) is 3.71. The van der Waals surface area contributed by atoms with Crippen LogP contribution in [-0.2, 0) is 0 Å². The summed E-state index contributed by atoms with van der Waals surface area (Å²) in [6.45, 7) is 4.04. The molecule has 0 aliphatic carbocycles. The van der Waals surface area contributed by atoms with Gasteiger partial charge in [-0.3, -0.25) is 15.1 Å². The minimum atomic E-state index is -0.379. The Morgan fingerprint density at radius 2 is 2.14 bits per heavy atom. The van der Waals surface area contributed by atoms with Gasteiger partial charge in [0.15, 0.2) is 0 Å². The van der Waals surface area contributed by atoms with Gasteiger partial charge in [0.25, 0.3) is 5.69 Å². The zero-order valence-corrected chi connectivity index (χ0v) is 11.9. The fourth-order valence-corrected chi connectivity index (χ4v) is 2.80. The van der Waals surface area contributed by atoms with Crippen molar-refractivity contribution in [1.29, 1.82) is 0 Å². The number of ether oxygens (including phenoxy) is 1. The summed E-state index contributed by atoms with van der Waals surface area (Å²) in [5, 5.41) is 11.0. The van der Waals surface area contributed by atoms with Crippen molar-refractivity contribution in [3.8, 4) is 5.75 Å². The topological polar surface area (TPSA) is 65.3 Å². The second-order valence-electron chi connectivity index (χ2n) is 5.85. The number of pyridine rings is 1. The SMILES string of the molecule is CC1(C)CC(c2ccccn2)c2cc([N+](=O)[O-])ccc2O1. The summed E-state index contributed by atoms with van der Waals surface area (Å²) in [4.78, 5) is 15.0. The maximum atomic E-state index is 11.0. The summed E-state index contributed by atoms with van der Waals surface area (Å²) in [5.41, 5.74) is 1.50. The Bertz CT molecular complexity index is 683. The average molecular weight is 284 g/mol. The van der Waals surface area contributed by atoms with Gasteiger partial charge in [0.1, 0.15) is 11.4 Å². The van der Waals surface area contributed by atoms with Crippen LogP contribution in [0.5, 0.6) is 5.75 Å². The molecule has 0 N–H and O–H groups in total. The lowest BCUT2D eigenvalue weighted by Gasteiger charge is -2.37. The molecule has 21 heavy (non-hydrogen) atoms. The molecule has 0 bridgehead atoms. The normalized spacial score (nSPS) is 19.4. The quantitative estimate of drug-likeness (QED) is 0.623. The van der Waals surface area contributed by atoms with Crippen LogP contribution < -0.4 is 4.74 Å². The molecule has 1 aromatic heterocycles. The van der Waals surface area contributed by atoms with Crippen molar-refractivity contribution in [3.63, 3.8) is 0 Å². The molecule has 1 unspecified atom stereocenters. The second kappa shape index (κ2) is 4.84. The van der Waals surface area contributed by atoms with E-state index >= 15 is 0 Å². The zero-order valence-electron chi connectivity index (χ0n) is 11.9. The molecule has 1 atom stereocenters. The van der Waals surface area contributed by atoms with Crippen LogP contribution in [0.2, 0.25) is 0 Å². The zero-order chi connectivity index (χ0) is 15.0. The molecule has 1 aliphatic heterocycles. The van der Waals surface area contributed by atoms with E-state index in [0.717, 1.165) is 17.7 Å². The molecule has 2 heterocycles. The first-order valence-electron chi connectivity index (χ1n) is 6.84. The number of nitrogens with zero attached hydrogens (tertiary/aromatic N) is 2. The molecule has 5 nitrogen and oxygen atoms in total. The van der Waals surface area contributed by atoms with Crippen molar-refractivity contribution in [1.82, 2.24) is 4.98 Å². The summed E-state index contributed by atoms with van der Waals surface area (Å²) in [5.74, 6) is 0.706. The van der Waals surface area contributed by atoms with Gasteiger partial charge in [-0.2, -0.15) is 0 Å². The minimum absolute atomic E-state index is 0.00449. The predicted molar refractivity (Wildman–Crippen MR) is 78.5 cm³/mol. The molecule has 5 heteroatoms. The average Bonchev–Trinajstić information content (AvgIpc) is 2.46. The molecule has 2 aromatic rings. The van der Waals surface area contributed by atoms with Crippen molar-refractivity contribution in [3.05, 3.63) is 64.0 Å². The van der Waals surface area contributed by atoms with Crippen LogP contribution in [0.15, 0.2) is 42.6 Å². The highest BCUT2D eigenvalue weighted by atomic mass is 16.6. The van der Waals surface area contributed by atoms with E-state index in [2.05, 4.69) is 4.98 Å². The number of nitro groups is 1. The molecule has 0 fully saturated rings. The fraction of sp³-hybridized carbons (Fsp3) is 0.312. The Morgan fingerprint density at radius 3 is 2.81 bits per heavy atom. The highest BCUT2D eigenvalue weighted by Crippen LogP contribution is 2.44. The lowest BCUT2D eigenvalue weighted by Crippen LogP contribution is -2.35. The van der Waals surface area contributed by atoms with Crippen LogP contribution in [0.25, 0.3) is 0 Å². The molecule has 1 aliphatic rings. The third-order valence-corrected chi connectivity index (χ3v) is 3.71. The molecule has 0 saturated heterocycles. The first-order chi connectivity index (χ1) is 9.96. The maximum absolute atomic E-state index is 11.0. The monoisotopic (exact) mass is 284 g/mol. The van der Waals surface area contributed by atoms with Gasteiger partial charge in [-0.15, -0.1) is 0 Å². The van der Waals surface area contributed by atoms with E-state index in [1.807, 2.05) is 32.0 Å². The molecule has 3 rings (SSSR count). The summed E-state index contributed by atoms with van der Waals surface area (Å²) < 4.78 is 5.96. The van der Waals surface area contributed by atoms with Crippen LogP contribution in [0.1, 0.15) is 37.4 Å². The number of hydrogen-bond donors (Lipinski definition) is 0. The first-order valence-corrected chi connectivity index (χ1v) is 6.84. The van der Waals surface area contributed by atoms with Gasteiger partial charge in [-0.05, 0) is 38.5 Å². The minimum Gasteiger partial charge on any atom is -0.488 e. The summed E-state index contributed by atoms with van der Waals surface area (Å²) in [6, 6.07) is 10.5. The van der Waals surface area contributed by atoms with Gasteiger partial charge in [0.2, 0.25) is 0 Å². The fourth-order valence-electron chi connectivity index (χ4n) is 2.80. The number of non-ortho nitro benzene ring substituents is 1. The van der Waals surface area contributed by atoms with Gasteiger partial charge < -0.3 is 4.74 Å². The largest absolute Gasteiger partial charge is 0.488 e. The van der Waals surface area contributed by atoms with Gasteiger partial charge in [-0.25, -0.2) is 0 Å². The van der Waals surface area contributed by atoms with Crippen LogP contribution in [-0.4, -0.2) is 15.5 Å². The molecule has 0 saturated carbocycles. The molecule has 0 radical (unpaired) electrons. The number of aromatic nitrogens is 1. The lowest BCUT2D eigenvalue weighted by atomic mass is 9.82. The van der Waals surface area contributed by atoms with Gasteiger partial charge in [0.05, 0.1) is 4.92 Å². The smallest absolute Gasteiger partial charge is 0.269 e. The highest BCUT2D eigenvalue weighted by molar-refractivity contribution is 5.49. The number of rotatable bonds is 2. The van der Waals surface area contributed by atoms with Gasteiger partial charge in [0, 0.05) is 35.5 Å². The Kier molecular flexibility index (Phi) is 3.12. The molecule has 108 valence electrons. The first kappa shape index (κ1) is 13.5. The lowest BCUT2D eigenvalue weighted by molar-refractivity contribution is -0.385. The molecular formula is C16H16N2O3. The Morgan fingerprint density at radius 1 is 1.33 bits per heavy atom. The second-order valence-corrected chi connectivity index (χ2v) is 5.85. The van der Waals surface area contributed by atoms with E-state index in [0.29, 0.717) is 5.75 Å². The van der Waals surface area contributed by atoms with Crippen LogP contribution >= 0.6 is 0 Å². The van der Waals surface area contributed by atoms with E-state index in [-0.39, 0.29) is 22.1 Å². The summed E-state index contributed by atoms with van der Waals surface area (Å²) in [7, 11) is 0. The van der Waals surface area contributed by atoms with E-state index in [1.165, 1.54) is 6.07 Å². The predicted octanol–water partition coefficient (Wildman–Crippen LogP) is 3.68. The van der Waals surface area contributed by atoms with E-state index in [1.54, 1.807) is 18.3 Å². The third kappa shape index (κ3) is 2.59. The Balaban J connectivity index is 2.13. The number of nitro benzene ring substituents is 1. The van der Waals surface area contributed by atoms with Crippen molar-refractivity contribution in [2.24, 2.45) is 0 Å². The van der Waals surface area contributed by atoms with Crippen molar-refractivity contribution in [2.75, 3.05) is 0 Å². The number of benzene rings is 1. The molecule has 0 spiro atoms. The van der Waals surface area contributed by atoms with Crippen LogP contribution in [0.3, 0.4) is 0 Å². The van der Waals surface area contributed by atoms with E-state index < -0.39 is 0 Å². The molecular weight excluding hydrogens is 268 g/mol. The van der Waals surface area contributed by atoms with E-state index in [4.69, 9.17) is 4.74 Å². The molecule has 0 amide bonds. The van der Waals surface area contributed by atoms with Crippen molar-refractivity contribution in [2.45, 2.75) is 31.8 Å². The van der Waals surface area contributed by atoms with Crippen LogP contribution in [0, 0.1) is 10.1 Å². The van der Waals surface area contributed by atoms with Gasteiger partial charge >= 0.3 is 0 Å².